The van der Waals surface area contributed by atoms with E-state index in [4.69, 9.17) is 4.74 Å². The molecule has 26 heavy (non-hydrogen) atoms. The van der Waals surface area contributed by atoms with E-state index >= 15 is 0 Å². The zero-order valence-electron chi connectivity index (χ0n) is 14.6. The molecule has 3 rings (SSSR count). The van der Waals surface area contributed by atoms with Crippen molar-refractivity contribution < 1.29 is 13.2 Å². The number of pyridine rings is 1. The van der Waals surface area contributed by atoms with Crippen LogP contribution in [0.1, 0.15) is 24.1 Å². The van der Waals surface area contributed by atoms with Gasteiger partial charge in [-0.1, -0.05) is 18.2 Å². The second-order valence-electron chi connectivity index (χ2n) is 6.41. The van der Waals surface area contributed by atoms with Crippen molar-refractivity contribution in [3.05, 3.63) is 53.7 Å². The molecule has 0 N–H and O–H groups in total. The Hall–Kier alpha value is -2.43. The molecule has 2 aromatic rings. The van der Waals surface area contributed by atoms with Gasteiger partial charge in [0.25, 0.3) is 0 Å². The molecular formula is C19H21N3O3S. The van der Waals surface area contributed by atoms with Crippen molar-refractivity contribution in [2.45, 2.75) is 24.7 Å². The highest BCUT2D eigenvalue weighted by Gasteiger charge is 2.32. The van der Waals surface area contributed by atoms with Gasteiger partial charge in [0.05, 0.1) is 17.1 Å². The van der Waals surface area contributed by atoms with E-state index in [9.17, 15) is 13.7 Å². The first-order chi connectivity index (χ1) is 12.5. The molecule has 1 saturated heterocycles. The molecular weight excluding hydrogens is 350 g/mol. The lowest BCUT2D eigenvalue weighted by Gasteiger charge is -2.31. The minimum absolute atomic E-state index is 0.0735. The van der Waals surface area contributed by atoms with Crippen molar-refractivity contribution >= 4 is 10.0 Å². The molecule has 1 aliphatic rings. The Labute approximate surface area is 154 Å². The molecule has 136 valence electrons. The first kappa shape index (κ1) is 18.4. The lowest BCUT2D eigenvalue weighted by Crippen LogP contribution is -2.41. The number of hydrogen-bond donors (Lipinski definition) is 0. The highest BCUT2D eigenvalue weighted by atomic mass is 32.2. The SMILES string of the molecule is Cc1cccc(OCC2CCCN(S(=O)(=O)c3ccccc3C#N)C2)n1. The van der Waals surface area contributed by atoms with Gasteiger partial charge in [0.2, 0.25) is 15.9 Å². The monoisotopic (exact) mass is 371 g/mol. The Bertz CT molecular complexity index is 922. The third kappa shape index (κ3) is 4.03. The van der Waals surface area contributed by atoms with Crippen molar-refractivity contribution in [3.8, 4) is 11.9 Å². The second-order valence-corrected chi connectivity index (χ2v) is 8.31. The van der Waals surface area contributed by atoms with Gasteiger partial charge in [-0.2, -0.15) is 9.57 Å². The van der Waals surface area contributed by atoms with Crippen LogP contribution in [-0.4, -0.2) is 37.4 Å². The van der Waals surface area contributed by atoms with E-state index < -0.39 is 10.0 Å². The number of hydrogen-bond acceptors (Lipinski definition) is 5. The Morgan fingerprint density at radius 1 is 1.27 bits per heavy atom. The highest BCUT2D eigenvalue weighted by molar-refractivity contribution is 7.89. The van der Waals surface area contributed by atoms with Gasteiger partial charge >= 0.3 is 0 Å². The molecule has 1 aromatic heterocycles. The standard InChI is InChI=1S/C19H21N3O3S/c1-15-6-4-10-19(21-15)25-14-16-7-5-11-22(13-16)26(23,24)18-9-3-2-8-17(18)12-20/h2-4,6,8-10,16H,5,7,11,13-14H2,1H3. The number of nitrogens with zero attached hydrogens (tertiary/aromatic N) is 3. The fourth-order valence-corrected chi connectivity index (χ4v) is 4.80. The number of ether oxygens (including phenoxy) is 1. The lowest BCUT2D eigenvalue weighted by molar-refractivity contribution is 0.176. The minimum atomic E-state index is -3.69. The number of nitriles is 1. The molecule has 2 heterocycles. The summed E-state index contributed by atoms with van der Waals surface area (Å²) < 4.78 is 33.1. The van der Waals surface area contributed by atoms with Crippen molar-refractivity contribution in [2.75, 3.05) is 19.7 Å². The third-order valence-electron chi connectivity index (χ3n) is 4.44. The number of benzene rings is 1. The van der Waals surface area contributed by atoms with Gasteiger partial charge in [0.15, 0.2) is 0 Å². The average Bonchev–Trinajstić information content (AvgIpc) is 2.66. The second kappa shape index (κ2) is 7.85. The molecule has 7 heteroatoms. The Morgan fingerprint density at radius 3 is 2.85 bits per heavy atom. The van der Waals surface area contributed by atoms with E-state index in [0.29, 0.717) is 25.6 Å². The van der Waals surface area contributed by atoms with Crippen LogP contribution in [0.3, 0.4) is 0 Å². The number of piperidine rings is 1. The van der Waals surface area contributed by atoms with Crippen LogP contribution < -0.4 is 4.74 Å². The summed E-state index contributed by atoms with van der Waals surface area (Å²) >= 11 is 0. The molecule has 1 fully saturated rings. The lowest BCUT2D eigenvalue weighted by atomic mass is 10.0. The largest absolute Gasteiger partial charge is 0.477 e. The van der Waals surface area contributed by atoms with E-state index in [1.54, 1.807) is 18.2 Å². The molecule has 0 bridgehead atoms. The molecule has 1 atom stereocenters. The van der Waals surface area contributed by atoms with Crippen molar-refractivity contribution in [2.24, 2.45) is 5.92 Å². The first-order valence-electron chi connectivity index (χ1n) is 8.56. The van der Waals surface area contributed by atoms with Crippen molar-refractivity contribution in [3.63, 3.8) is 0 Å². The summed E-state index contributed by atoms with van der Waals surface area (Å²) in [5, 5.41) is 9.20. The summed E-state index contributed by atoms with van der Waals surface area (Å²) in [5.41, 5.74) is 1.05. The first-order valence-corrected chi connectivity index (χ1v) is 10.0. The maximum Gasteiger partial charge on any atom is 0.244 e. The summed E-state index contributed by atoms with van der Waals surface area (Å²) in [6.07, 6.45) is 1.67. The van der Waals surface area contributed by atoms with Gasteiger partial charge in [0.1, 0.15) is 6.07 Å². The average molecular weight is 371 g/mol. The van der Waals surface area contributed by atoms with Crippen LogP contribution in [-0.2, 0) is 10.0 Å². The van der Waals surface area contributed by atoms with Crippen molar-refractivity contribution in [1.29, 1.82) is 5.26 Å². The zero-order valence-corrected chi connectivity index (χ0v) is 15.4. The molecule has 1 unspecified atom stereocenters. The van der Waals surface area contributed by atoms with Gasteiger partial charge < -0.3 is 4.74 Å². The maximum atomic E-state index is 13.0. The van der Waals surface area contributed by atoms with E-state index in [2.05, 4.69) is 4.98 Å². The van der Waals surface area contributed by atoms with Crippen LogP contribution in [0.25, 0.3) is 0 Å². The summed E-state index contributed by atoms with van der Waals surface area (Å²) in [4.78, 5) is 4.38. The van der Waals surface area contributed by atoms with E-state index in [-0.39, 0.29) is 16.4 Å². The van der Waals surface area contributed by atoms with Gasteiger partial charge in [-0.3, -0.25) is 0 Å². The summed E-state index contributed by atoms with van der Waals surface area (Å²) in [6.45, 7) is 3.16. The molecule has 6 nitrogen and oxygen atoms in total. The fourth-order valence-electron chi connectivity index (χ4n) is 3.11. The van der Waals surface area contributed by atoms with Crippen LogP contribution in [0.5, 0.6) is 5.88 Å². The molecule has 0 radical (unpaired) electrons. The highest BCUT2D eigenvalue weighted by Crippen LogP contribution is 2.26. The predicted molar refractivity (Wildman–Crippen MR) is 97.1 cm³/mol. The van der Waals surface area contributed by atoms with E-state index in [1.165, 1.54) is 16.4 Å². The number of aryl methyl sites for hydroxylation is 1. The van der Waals surface area contributed by atoms with Gasteiger partial charge in [-0.05, 0) is 38.0 Å². The van der Waals surface area contributed by atoms with Gasteiger partial charge in [-0.25, -0.2) is 13.4 Å². The zero-order chi connectivity index (χ0) is 18.6. The molecule has 0 amide bonds. The van der Waals surface area contributed by atoms with Gasteiger partial charge in [0, 0.05) is 30.8 Å². The van der Waals surface area contributed by atoms with Crippen molar-refractivity contribution in [1.82, 2.24) is 9.29 Å². The predicted octanol–water partition coefficient (Wildman–Crippen LogP) is 2.74. The summed E-state index contributed by atoms with van der Waals surface area (Å²) in [5.74, 6) is 0.648. The van der Waals surface area contributed by atoms with Gasteiger partial charge in [-0.15, -0.1) is 0 Å². The minimum Gasteiger partial charge on any atom is -0.477 e. The van der Waals surface area contributed by atoms with E-state index in [1.807, 2.05) is 25.1 Å². The topological polar surface area (TPSA) is 83.3 Å². The van der Waals surface area contributed by atoms with Crippen LogP contribution >= 0.6 is 0 Å². The van der Waals surface area contributed by atoms with Crippen LogP contribution in [0, 0.1) is 24.2 Å². The Balaban J connectivity index is 1.70. The Kier molecular flexibility index (Phi) is 5.55. The normalized spacial score (nSPS) is 18.2. The quantitative estimate of drug-likeness (QED) is 0.807. The molecule has 0 spiro atoms. The number of rotatable bonds is 5. The van der Waals surface area contributed by atoms with E-state index in [0.717, 1.165) is 18.5 Å². The van der Waals surface area contributed by atoms with Crippen LogP contribution in [0.15, 0.2) is 47.4 Å². The third-order valence-corrected chi connectivity index (χ3v) is 6.36. The molecule has 1 aliphatic heterocycles. The Morgan fingerprint density at radius 2 is 2.08 bits per heavy atom. The summed E-state index contributed by atoms with van der Waals surface area (Å²) in [6, 6.07) is 13.9. The molecule has 1 aromatic carbocycles. The smallest absolute Gasteiger partial charge is 0.244 e. The van der Waals surface area contributed by atoms with Crippen LogP contribution in [0.4, 0.5) is 0 Å². The maximum absolute atomic E-state index is 13.0. The van der Waals surface area contributed by atoms with Crippen LogP contribution in [0.2, 0.25) is 0 Å². The molecule has 0 saturated carbocycles. The number of aromatic nitrogens is 1. The fraction of sp³-hybridized carbons (Fsp3) is 0.368. The number of sulfonamides is 1. The summed E-state index contributed by atoms with van der Waals surface area (Å²) in [7, 11) is -3.69. The molecule has 0 aliphatic carbocycles.